The molecule has 1 aliphatic heterocycles. The van der Waals surface area contributed by atoms with Crippen LogP contribution in [-0.2, 0) is 0 Å². The average Bonchev–Trinajstić information content (AvgIpc) is 3.53. The number of nitrogens with one attached hydrogen (secondary N) is 1. The van der Waals surface area contributed by atoms with Crippen LogP contribution in [0.2, 0.25) is 0 Å². The molecule has 1 N–H and O–H groups in total. The fourth-order valence-corrected chi connectivity index (χ4v) is 4.66. The van der Waals surface area contributed by atoms with Gasteiger partial charge in [0.05, 0.1) is 24.0 Å². The molecule has 0 radical (unpaired) electrons. The first-order valence-electron chi connectivity index (χ1n) is 10.5. The van der Waals surface area contributed by atoms with Crippen molar-refractivity contribution in [2.24, 2.45) is 0 Å². The lowest BCUT2D eigenvalue weighted by molar-refractivity contribution is 0.0963. The first-order chi connectivity index (χ1) is 14.6. The third kappa shape index (κ3) is 2.78. The lowest BCUT2D eigenvalue weighted by Crippen LogP contribution is -2.42. The molecule has 0 saturated heterocycles. The number of hydrogen-bond donors (Lipinski definition) is 1. The van der Waals surface area contributed by atoms with Gasteiger partial charge in [0, 0.05) is 19.3 Å². The van der Waals surface area contributed by atoms with Gasteiger partial charge in [-0.1, -0.05) is 19.8 Å². The van der Waals surface area contributed by atoms with Crippen LogP contribution < -0.4 is 10.2 Å². The second kappa shape index (κ2) is 7.19. The first-order valence-corrected chi connectivity index (χ1v) is 10.5. The maximum Gasteiger partial charge on any atom is 0.254 e. The summed E-state index contributed by atoms with van der Waals surface area (Å²) in [7, 11) is 1.60. The Morgan fingerprint density at radius 1 is 1.23 bits per heavy atom. The quantitative estimate of drug-likeness (QED) is 0.706. The van der Waals surface area contributed by atoms with Gasteiger partial charge in [-0.3, -0.25) is 9.36 Å². The Bertz CT molecular complexity index is 1100. The number of anilines is 1. The lowest BCUT2D eigenvalue weighted by Gasteiger charge is -2.41. The Kier molecular flexibility index (Phi) is 4.48. The Labute approximate surface area is 174 Å². The second-order valence-corrected chi connectivity index (χ2v) is 7.84. The molecule has 30 heavy (non-hydrogen) atoms. The summed E-state index contributed by atoms with van der Waals surface area (Å²) in [5.74, 6) is 2.91. The maximum absolute atomic E-state index is 11.9. The van der Waals surface area contributed by atoms with Crippen LogP contribution in [0.5, 0.6) is 0 Å². The number of amides is 1. The van der Waals surface area contributed by atoms with Gasteiger partial charge in [-0.2, -0.15) is 10.1 Å². The molecular weight excluding hydrogens is 382 g/mol. The summed E-state index contributed by atoms with van der Waals surface area (Å²) in [5, 5.41) is 15.7. The molecule has 1 atom stereocenters. The minimum Gasteiger partial charge on any atom is -0.355 e. The molecular formula is C20H25N9O. The molecule has 3 aromatic heterocycles. The van der Waals surface area contributed by atoms with Crippen molar-refractivity contribution in [1.29, 1.82) is 0 Å². The zero-order valence-corrected chi connectivity index (χ0v) is 17.4. The highest BCUT2D eigenvalue weighted by Gasteiger charge is 2.39. The molecule has 2 aliphatic rings. The van der Waals surface area contributed by atoms with Crippen LogP contribution in [-0.4, -0.2) is 53.5 Å². The molecule has 1 amide bonds. The van der Waals surface area contributed by atoms with E-state index in [0.29, 0.717) is 17.6 Å². The average molecular weight is 407 g/mol. The molecule has 156 valence electrons. The number of rotatable bonds is 4. The third-order valence-corrected chi connectivity index (χ3v) is 6.09. The van der Waals surface area contributed by atoms with Gasteiger partial charge >= 0.3 is 0 Å². The fraction of sp³-hybridized carbons (Fsp3) is 0.500. The van der Waals surface area contributed by atoms with Crippen LogP contribution in [0.4, 0.5) is 5.82 Å². The highest BCUT2D eigenvalue weighted by Crippen LogP contribution is 2.43. The van der Waals surface area contributed by atoms with E-state index in [9.17, 15) is 4.79 Å². The largest absolute Gasteiger partial charge is 0.355 e. The maximum atomic E-state index is 11.9. The summed E-state index contributed by atoms with van der Waals surface area (Å²) in [4.78, 5) is 23.8. The highest BCUT2D eigenvalue weighted by molar-refractivity contribution is 5.93. The third-order valence-electron chi connectivity index (χ3n) is 6.09. The van der Waals surface area contributed by atoms with E-state index in [-0.39, 0.29) is 11.9 Å². The van der Waals surface area contributed by atoms with Crippen molar-refractivity contribution in [1.82, 2.24) is 39.8 Å². The number of carbonyl (C=O) groups excluding carboxylic acids is 1. The molecule has 0 aromatic carbocycles. The van der Waals surface area contributed by atoms with Crippen molar-refractivity contribution < 1.29 is 4.79 Å². The van der Waals surface area contributed by atoms with Gasteiger partial charge in [0.25, 0.3) is 11.9 Å². The van der Waals surface area contributed by atoms with Crippen LogP contribution in [0.1, 0.15) is 67.1 Å². The van der Waals surface area contributed by atoms with Crippen LogP contribution in [0, 0.1) is 6.92 Å². The van der Waals surface area contributed by atoms with Gasteiger partial charge in [-0.05, 0) is 26.2 Å². The van der Waals surface area contributed by atoms with Crippen molar-refractivity contribution >= 4 is 11.7 Å². The SMILES string of the molecule is CC[C@@H]1c2nnc(C)n2-c2cnc(-n3cc(C(=O)NC)cn3)nc2N1C1CCCC1. The summed E-state index contributed by atoms with van der Waals surface area (Å²) < 4.78 is 3.62. The topological polar surface area (TPSA) is 107 Å². The molecule has 10 nitrogen and oxygen atoms in total. The highest BCUT2D eigenvalue weighted by atomic mass is 16.1. The summed E-state index contributed by atoms with van der Waals surface area (Å²) >= 11 is 0. The van der Waals surface area contributed by atoms with Crippen LogP contribution in [0.3, 0.4) is 0 Å². The lowest BCUT2D eigenvalue weighted by atomic mass is 10.0. The predicted molar refractivity (Wildman–Crippen MR) is 110 cm³/mol. The van der Waals surface area contributed by atoms with Gasteiger partial charge in [-0.15, -0.1) is 10.2 Å². The van der Waals surface area contributed by atoms with E-state index in [1.807, 2.05) is 13.1 Å². The van der Waals surface area contributed by atoms with Crippen molar-refractivity contribution in [3.8, 4) is 11.6 Å². The van der Waals surface area contributed by atoms with Crippen molar-refractivity contribution in [2.75, 3.05) is 11.9 Å². The summed E-state index contributed by atoms with van der Waals surface area (Å²) in [6.45, 7) is 4.13. The Hall–Kier alpha value is -3.30. The summed E-state index contributed by atoms with van der Waals surface area (Å²) in [6, 6.07) is 0.532. The molecule has 10 heteroatoms. The molecule has 0 unspecified atom stereocenters. The Morgan fingerprint density at radius 2 is 2.03 bits per heavy atom. The Balaban J connectivity index is 1.65. The molecule has 1 fully saturated rings. The van der Waals surface area contributed by atoms with Gasteiger partial charge in [0.2, 0.25) is 0 Å². The van der Waals surface area contributed by atoms with Crippen LogP contribution in [0.25, 0.3) is 11.6 Å². The number of hydrogen-bond acceptors (Lipinski definition) is 7. The van der Waals surface area contributed by atoms with Crippen LogP contribution >= 0.6 is 0 Å². The van der Waals surface area contributed by atoms with Gasteiger partial charge < -0.3 is 10.2 Å². The second-order valence-electron chi connectivity index (χ2n) is 7.84. The summed E-state index contributed by atoms with van der Waals surface area (Å²) in [5.41, 5.74) is 1.36. The van der Waals surface area contributed by atoms with E-state index in [1.165, 1.54) is 19.0 Å². The fourth-order valence-electron chi connectivity index (χ4n) is 4.66. The van der Waals surface area contributed by atoms with Gasteiger partial charge in [-0.25, -0.2) is 9.67 Å². The Morgan fingerprint density at radius 3 is 2.77 bits per heavy atom. The molecule has 0 spiro atoms. The molecule has 1 saturated carbocycles. The molecule has 3 aromatic rings. The number of fused-ring (bicyclic) bond motifs is 3. The monoisotopic (exact) mass is 407 g/mol. The first kappa shape index (κ1) is 18.7. The minimum atomic E-state index is -0.192. The van der Waals surface area contributed by atoms with Crippen molar-refractivity contribution in [3.05, 3.63) is 35.8 Å². The van der Waals surface area contributed by atoms with Crippen molar-refractivity contribution in [3.63, 3.8) is 0 Å². The minimum absolute atomic E-state index is 0.114. The standard InChI is InChI=1S/C20H25N9O/c1-4-15-18-26-25-12(2)28(18)16-10-22-20(27-11-13(9-23-27)19(30)21-3)24-17(16)29(15)14-7-5-6-8-14/h9-11,14-15H,4-8H2,1-3H3,(H,21,30)/t15-/m1/s1. The van der Waals surface area contributed by atoms with E-state index in [4.69, 9.17) is 4.98 Å². The van der Waals surface area contributed by atoms with E-state index in [0.717, 1.165) is 42.4 Å². The zero-order chi connectivity index (χ0) is 20.8. The normalized spacial score (nSPS) is 18.4. The van der Waals surface area contributed by atoms with Gasteiger partial charge in [0.1, 0.15) is 11.5 Å². The molecule has 0 bridgehead atoms. The van der Waals surface area contributed by atoms with Crippen LogP contribution in [0.15, 0.2) is 18.6 Å². The smallest absolute Gasteiger partial charge is 0.254 e. The predicted octanol–water partition coefficient (Wildman–Crippen LogP) is 2.12. The number of aryl methyl sites for hydroxylation is 1. The van der Waals surface area contributed by atoms with E-state index in [2.05, 4.69) is 42.0 Å². The molecule has 5 rings (SSSR count). The van der Waals surface area contributed by atoms with Crippen molar-refractivity contribution in [2.45, 2.75) is 58.0 Å². The molecule has 1 aliphatic carbocycles. The number of aromatic nitrogens is 7. The number of nitrogens with zero attached hydrogens (tertiary/aromatic N) is 8. The zero-order valence-electron chi connectivity index (χ0n) is 17.4. The van der Waals surface area contributed by atoms with Gasteiger partial charge in [0.15, 0.2) is 11.6 Å². The molecule has 4 heterocycles. The number of carbonyl (C=O) groups is 1. The van der Waals surface area contributed by atoms with E-state index >= 15 is 0 Å². The summed E-state index contributed by atoms with van der Waals surface area (Å²) in [6.07, 6.45) is 10.6. The van der Waals surface area contributed by atoms with E-state index < -0.39 is 0 Å². The van der Waals surface area contributed by atoms with E-state index in [1.54, 1.807) is 17.9 Å².